The summed E-state index contributed by atoms with van der Waals surface area (Å²) in [5.41, 5.74) is 3.30. The molecule has 0 aromatic carbocycles. The molecule has 0 amide bonds. The molecule has 4 rings (SSSR count). The van der Waals surface area contributed by atoms with Gasteiger partial charge in [0, 0.05) is 24.6 Å². The standard InChI is InChI=1S/C13H16N2O2S.C8H8S.C5H10/c16-13-12-11(4-8-18-12)14-9-15(13)5-1-10-2-6-17-7-3-10;1-3-7(2)8-5-4-6-9-8;1-4-5(2)3/h4,8-10H,1-3,5-7H2;3-6H,1-2H2;4H,1-3H3. The third-order valence-corrected chi connectivity index (χ3v) is 7.05. The van der Waals surface area contributed by atoms with E-state index in [1.165, 1.54) is 21.8 Å². The first-order chi connectivity index (χ1) is 15.5. The van der Waals surface area contributed by atoms with E-state index in [1.807, 2.05) is 35.9 Å². The topological polar surface area (TPSA) is 44.1 Å². The Bertz CT molecular complexity index is 1050. The van der Waals surface area contributed by atoms with Crippen molar-refractivity contribution in [3.05, 3.63) is 81.4 Å². The third kappa shape index (κ3) is 8.34. The molecule has 0 radical (unpaired) electrons. The Morgan fingerprint density at radius 3 is 2.56 bits per heavy atom. The maximum atomic E-state index is 12.2. The normalized spacial score (nSPS) is 13.3. The molecule has 4 nitrogen and oxygen atoms in total. The van der Waals surface area contributed by atoms with Gasteiger partial charge in [0.05, 0.1) is 11.8 Å². The monoisotopic (exact) mass is 470 g/mol. The van der Waals surface area contributed by atoms with Crippen LogP contribution in [0.1, 0.15) is 44.9 Å². The minimum absolute atomic E-state index is 0.0991. The Morgan fingerprint density at radius 1 is 1.25 bits per heavy atom. The molecular weight excluding hydrogens is 436 g/mol. The lowest BCUT2D eigenvalue weighted by molar-refractivity contribution is 0.0625. The van der Waals surface area contributed by atoms with Crippen LogP contribution in [0, 0.1) is 5.92 Å². The van der Waals surface area contributed by atoms with Gasteiger partial charge in [-0.25, -0.2) is 4.98 Å². The van der Waals surface area contributed by atoms with Gasteiger partial charge < -0.3 is 4.74 Å². The van der Waals surface area contributed by atoms with Gasteiger partial charge in [0.2, 0.25) is 0 Å². The number of rotatable bonds is 5. The van der Waals surface area contributed by atoms with Gasteiger partial charge in [0.1, 0.15) is 4.70 Å². The van der Waals surface area contributed by atoms with Crippen LogP contribution in [0.15, 0.2) is 71.0 Å². The first kappa shape index (κ1) is 26.0. The molecule has 1 aliphatic heterocycles. The zero-order valence-corrected chi connectivity index (χ0v) is 21.0. The molecule has 3 aromatic heterocycles. The molecule has 1 saturated heterocycles. The SMILES string of the molecule is C=CC(=C)c1cccs1.CC=C(C)C.O=c1c2sccc2ncn1CCC1CCOCC1. The highest BCUT2D eigenvalue weighted by Crippen LogP contribution is 2.20. The number of ether oxygens (including phenoxy) is 1. The van der Waals surface area contributed by atoms with Crippen LogP contribution in [0.5, 0.6) is 0 Å². The van der Waals surface area contributed by atoms with Crippen LogP contribution in [0.2, 0.25) is 0 Å². The lowest BCUT2D eigenvalue weighted by Gasteiger charge is -2.21. The van der Waals surface area contributed by atoms with E-state index >= 15 is 0 Å². The Morgan fingerprint density at radius 2 is 1.97 bits per heavy atom. The van der Waals surface area contributed by atoms with Crippen LogP contribution in [0.3, 0.4) is 0 Å². The average Bonchev–Trinajstić information content (AvgIpc) is 3.52. The van der Waals surface area contributed by atoms with Gasteiger partial charge in [-0.3, -0.25) is 9.36 Å². The summed E-state index contributed by atoms with van der Waals surface area (Å²) < 4.78 is 7.86. The predicted octanol–water partition coefficient (Wildman–Crippen LogP) is 7.19. The number of hydrogen-bond donors (Lipinski definition) is 0. The van der Waals surface area contributed by atoms with Gasteiger partial charge in [-0.15, -0.1) is 22.7 Å². The van der Waals surface area contributed by atoms with E-state index in [0.717, 1.165) is 54.8 Å². The number of hydrogen-bond acceptors (Lipinski definition) is 5. The van der Waals surface area contributed by atoms with E-state index in [2.05, 4.69) is 38.1 Å². The van der Waals surface area contributed by atoms with Crippen LogP contribution < -0.4 is 5.56 Å². The smallest absolute Gasteiger partial charge is 0.271 e. The van der Waals surface area contributed by atoms with Gasteiger partial charge in [0.15, 0.2) is 0 Å². The largest absolute Gasteiger partial charge is 0.381 e. The minimum Gasteiger partial charge on any atom is -0.381 e. The molecule has 1 aliphatic rings. The molecule has 0 aliphatic carbocycles. The lowest BCUT2D eigenvalue weighted by Crippen LogP contribution is -2.23. The van der Waals surface area contributed by atoms with E-state index in [1.54, 1.807) is 28.3 Å². The molecule has 0 bridgehead atoms. The lowest BCUT2D eigenvalue weighted by atomic mass is 9.97. The molecule has 32 heavy (non-hydrogen) atoms. The van der Waals surface area contributed by atoms with E-state index < -0.39 is 0 Å². The summed E-state index contributed by atoms with van der Waals surface area (Å²) in [6, 6.07) is 5.94. The molecule has 1 fully saturated rings. The van der Waals surface area contributed by atoms with Crippen LogP contribution in [0.25, 0.3) is 15.8 Å². The highest BCUT2D eigenvalue weighted by molar-refractivity contribution is 7.17. The second kappa shape index (κ2) is 14.0. The van der Waals surface area contributed by atoms with Crippen LogP contribution in [-0.2, 0) is 11.3 Å². The summed E-state index contributed by atoms with van der Waals surface area (Å²) in [5.74, 6) is 0.685. The molecule has 0 saturated carbocycles. The van der Waals surface area contributed by atoms with Gasteiger partial charge in [-0.1, -0.05) is 36.9 Å². The van der Waals surface area contributed by atoms with Gasteiger partial charge >= 0.3 is 0 Å². The van der Waals surface area contributed by atoms with Crippen molar-refractivity contribution < 1.29 is 4.74 Å². The van der Waals surface area contributed by atoms with Gasteiger partial charge in [-0.05, 0) is 74.4 Å². The summed E-state index contributed by atoms with van der Waals surface area (Å²) in [6.07, 6.45) is 8.80. The van der Waals surface area contributed by atoms with Crippen molar-refractivity contribution in [2.24, 2.45) is 5.92 Å². The maximum absolute atomic E-state index is 12.2. The summed E-state index contributed by atoms with van der Waals surface area (Å²) in [6.45, 7) is 16.1. The fourth-order valence-electron chi connectivity index (χ4n) is 2.96. The zero-order chi connectivity index (χ0) is 23.3. The minimum atomic E-state index is 0.0991. The molecule has 0 unspecified atom stereocenters. The van der Waals surface area contributed by atoms with Crippen molar-refractivity contribution in [1.29, 1.82) is 0 Å². The van der Waals surface area contributed by atoms with Crippen molar-refractivity contribution in [2.75, 3.05) is 13.2 Å². The maximum Gasteiger partial charge on any atom is 0.271 e. The summed E-state index contributed by atoms with van der Waals surface area (Å²) in [5, 5.41) is 3.95. The number of aromatic nitrogens is 2. The summed E-state index contributed by atoms with van der Waals surface area (Å²) >= 11 is 3.16. The number of thiophene rings is 2. The van der Waals surface area contributed by atoms with Crippen molar-refractivity contribution in [3.8, 4) is 0 Å². The van der Waals surface area contributed by atoms with Crippen molar-refractivity contribution >= 4 is 38.5 Å². The van der Waals surface area contributed by atoms with Crippen LogP contribution in [0.4, 0.5) is 0 Å². The molecule has 0 N–H and O–H groups in total. The van der Waals surface area contributed by atoms with E-state index in [-0.39, 0.29) is 5.56 Å². The van der Waals surface area contributed by atoms with E-state index in [0.29, 0.717) is 5.92 Å². The Hall–Kier alpha value is -2.28. The second-order valence-electron chi connectivity index (χ2n) is 7.80. The summed E-state index contributed by atoms with van der Waals surface area (Å²) in [7, 11) is 0. The number of fused-ring (bicyclic) bond motifs is 1. The van der Waals surface area contributed by atoms with Crippen molar-refractivity contribution in [2.45, 2.75) is 46.6 Å². The quantitative estimate of drug-likeness (QED) is 0.293. The predicted molar refractivity (Wildman–Crippen MR) is 141 cm³/mol. The molecule has 6 heteroatoms. The first-order valence-electron chi connectivity index (χ1n) is 10.9. The average molecular weight is 471 g/mol. The van der Waals surface area contributed by atoms with Crippen molar-refractivity contribution in [1.82, 2.24) is 9.55 Å². The van der Waals surface area contributed by atoms with Crippen LogP contribution in [-0.4, -0.2) is 22.8 Å². The van der Waals surface area contributed by atoms with E-state index in [4.69, 9.17) is 4.74 Å². The number of aryl methyl sites for hydroxylation is 1. The molecule has 0 spiro atoms. The zero-order valence-electron chi connectivity index (χ0n) is 19.4. The summed E-state index contributed by atoms with van der Waals surface area (Å²) in [4.78, 5) is 17.7. The molecule has 4 heterocycles. The highest BCUT2D eigenvalue weighted by atomic mass is 32.1. The molecular formula is C26H34N2O2S2. The van der Waals surface area contributed by atoms with Gasteiger partial charge in [-0.2, -0.15) is 0 Å². The molecule has 3 aromatic rings. The molecule has 0 atom stereocenters. The van der Waals surface area contributed by atoms with Crippen molar-refractivity contribution in [3.63, 3.8) is 0 Å². The Kier molecular flexibility index (Phi) is 11.4. The van der Waals surface area contributed by atoms with Crippen LogP contribution >= 0.6 is 22.7 Å². The highest BCUT2D eigenvalue weighted by Gasteiger charge is 2.14. The molecule has 172 valence electrons. The fourth-order valence-corrected chi connectivity index (χ4v) is 4.45. The Labute approximate surface area is 199 Å². The second-order valence-corrected chi connectivity index (χ2v) is 9.66. The number of nitrogens with zero attached hydrogens (tertiary/aromatic N) is 2. The van der Waals surface area contributed by atoms with E-state index in [9.17, 15) is 4.79 Å². The first-order valence-corrected chi connectivity index (χ1v) is 12.7. The fraction of sp³-hybridized carbons (Fsp3) is 0.385. The van der Waals surface area contributed by atoms with Gasteiger partial charge in [0.25, 0.3) is 5.56 Å². The third-order valence-electron chi connectivity index (χ3n) is 5.22. The Balaban J connectivity index is 0.000000216. The number of allylic oxidation sites excluding steroid dienone is 4.